The van der Waals surface area contributed by atoms with Crippen LogP contribution in [-0.4, -0.2) is 53.8 Å². The van der Waals surface area contributed by atoms with Gasteiger partial charge in [-0.25, -0.2) is 0 Å². The Kier molecular flexibility index (Phi) is 6.08. The SMILES string of the molecule is CC(=O)N1CCN(C(=O)C2CCC(NCc3ccccc3)CC2)CC1. The van der Waals surface area contributed by atoms with Gasteiger partial charge < -0.3 is 15.1 Å². The summed E-state index contributed by atoms with van der Waals surface area (Å²) in [4.78, 5) is 27.9. The standard InChI is InChI=1S/C20H29N3O2/c1-16(24)22-11-13-23(14-12-22)20(25)18-7-9-19(10-8-18)21-15-17-5-3-2-4-6-17/h2-6,18-19,21H,7-15H2,1H3. The van der Waals surface area contributed by atoms with E-state index in [0.717, 1.165) is 32.2 Å². The van der Waals surface area contributed by atoms with Crippen molar-refractivity contribution in [1.82, 2.24) is 15.1 Å². The summed E-state index contributed by atoms with van der Waals surface area (Å²) in [5.41, 5.74) is 1.31. The quantitative estimate of drug-likeness (QED) is 0.910. The number of piperazine rings is 1. The second kappa shape index (κ2) is 8.48. The predicted molar refractivity (Wildman–Crippen MR) is 97.9 cm³/mol. The van der Waals surface area contributed by atoms with E-state index in [2.05, 4.69) is 29.6 Å². The Balaban J connectivity index is 1.40. The maximum absolute atomic E-state index is 12.7. The fraction of sp³-hybridized carbons (Fsp3) is 0.600. The molecular weight excluding hydrogens is 314 g/mol. The number of carbonyl (C=O) groups excluding carboxylic acids is 2. The molecule has 1 aromatic carbocycles. The van der Waals surface area contributed by atoms with Gasteiger partial charge in [0, 0.05) is 51.6 Å². The molecule has 0 bridgehead atoms. The molecule has 1 N–H and O–H groups in total. The number of benzene rings is 1. The number of carbonyl (C=O) groups is 2. The lowest BCUT2D eigenvalue weighted by molar-refractivity contribution is -0.142. The van der Waals surface area contributed by atoms with Crippen molar-refractivity contribution >= 4 is 11.8 Å². The van der Waals surface area contributed by atoms with E-state index in [9.17, 15) is 9.59 Å². The number of hydrogen-bond donors (Lipinski definition) is 1. The zero-order valence-corrected chi connectivity index (χ0v) is 15.1. The summed E-state index contributed by atoms with van der Waals surface area (Å²) < 4.78 is 0. The molecule has 0 atom stereocenters. The summed E-state index contributed by atoms with van der Waals surface area (Å²) in [7, 11) is 0. The van der Waals surface area contributed by atoms with Crippen molar-refractivity contribution < 1.29 is 9.59 Å². The van der Waals surface area contributed by atoms with Crippen molar-refractivity contribution in [3.8, 4) is 0 Å². The minimum absolute atomic E-state index is 0.108. The summed E-state index contributed by atoms with van der Waals surface area (Å²) in [6, 6.07) is 11.0. The third-order valence-corrected chi connectivity index (χ3v) is 5.55. The monoisotopic (exact) mass is 343 g/mol. The third-order valence-electron chi connectivity index (χ3n) is 5.55. The first-order valence-electron chi connectivity index (χ1n) is 9.45. The number of amides is 2. The van der Waals surface area contributed by atoms with Crippen molar-refractivity contribution in [3.63, 3.8) is 0 Å². The van der Waals surface area contributed by atoms with Gasteiger partial charge in [0.05, 0.1) is 0 Å². The molecule has 1 heterocycles. The van der Waals surface area contributed by atoms with Gasteiger partial charge >= 0.3 is 0 Å². The molecule has 2 amide bonds. The smallest absolute Gasteiger partial charge is 0.225 e. The van der Waals surface area contributed by atoms with Gasteiger partial charge in [-0.15, -0.1) is 0 Å². The van der Waals surface area contributed by atoms with E-state index >= 15 is 0 Å². The molecule has 0 radical (unpaired) electrons. The highest BCUT2D eigenvalue weighted by Crippen LogP contribution is 2.26. The first-order valence-corrected chi connectivity index (χ1v) is 9.45. The molecule has 1 aliphatic carbocycles. The van der Waals surface area contributed by atoms with Crippen LogP contribution in [0, 0.1) is 5.92 Å². The molecule has 0 unspecified atom stereocenters. The minimum atomic E-state index is 0.108. The molecule has 5 nitrogen and oxygen atoms in total. The van der Waals surface area contributed by atoms with Gasteiger partial charge in [0.2, 0.25) is 11.8 Å². The highest BCUT2D eigenvalue weighted by Gasteiger charge is 2.31. The molecule has 25 heavy (non-hydrogen) atoms. The zero-order valence-electron chi connectivity index (χ0n) is 15.1. The highest BCUT2D eigenvalue weighted by atomic mass is 16.2. The Morgan fingerprint density at radius 1 is 0.960 bits per heavy atom. The Morgan fingerprint density at radius 2 is 1.56 bits per heavy atom. The van der Waals surface area contributed by atoms with Crippen molar-refractivity contribution in [2.24, 2.45) is 5.92 Å². The molecule has 136 valence electrons. The van der Waals surface area contributed by atoms with Crippen LogP contribution in [0.25, 0.3) is 0 Å². The van der Waals surface area contributed by atoms with E-state index in [1.54, 1.807) is 6.92 Å². The van der Waals surface area contributed by atoms with E-state index in [1.807, 2.05) is 15.9 Å². The zero-order chi connectivity index (χ0) is 17.6. The van der Waals surface area contributed by atoms with Gasteiger partial charge in [-0.3, -0.25) is 9.59 Å². The van der Waals surface area contributed by atoms with E-state index in [0.29, 0.717) is 38.1 Å². The average molecular weight is 343 g/mol. The van der Waals surface area contributed by atoms with Crippen LogP contribution in [-0.2, 0) is 16.1 Å². The van der Waals surface area contributed by atoms with E-state index in [1.165, 1.54) is 5.56 Å². The molecule has 2 fully saturated rings. The molecular formula is C20H29N3O2. The minimum Gasteiger partial charge on any atom is -0.339 e. The molecule has 1 saturated heterocycles. The maximum Gasteiger partial charge on any atom is 0.225 e. The number of hydrogen-bond acceptors (Lipinski definition) is 3. The van der Waals surface area contributed by atoms with Crippen LogP contribution in [0.5, 0.6) is 0 Å². The second-order valence-electron chi connectivity index (χ2n) is 7.25. The molecule has 1 aromatic rings. The van der Waals surface area contributed by atoms with Crippen LogP contribution < -0.4 is 5.32 Å². The van der Waals surface area contributed by atoms with Gasteiger partial charge in [-0.1, -0.05) is 30.3 Å². The first-order chi connectivity index (χ1) is 12.1. The summed E-state index contributed by atoms with van der Waals surface area (Å²) in [5.74, 6) is 0.570. The summed E-state index contributed by atoms with van der Waals surface area (Å²) in [5, 5.41) is 3.63. The van der Waals surface area contributed by atoms with Gasteiger partial charge in [0.1, 0.15) is 0 Å². The van der Waals surface area contributed by atoms with Crippen molar-refractivity contribution in [1.29, 1.82) is 0 Å². The summed E-state index contributed by atoms with van der Waals surface area (Å²) in [6.07, 6.45) is 4.07. The lowest BCUT2D eigenvalue weighted by atomic mass is 9.85. The van der Waals surface area contributed by atoms with Gasteiger partial charge in [-0.2, -0.15) is 0 Å². The van der Waals surface area contributed by atoms with Crippen molar-refractivity contribution in [3.05, 3.63) is 35.9 Å². The maximum atomic E-state index is 12.7. The Morgan fingerprint density at radius 3 is 2.16 bits per heavy atom. The molecule has 5 heteroatoms. The van der Waals surface area contributed by atoms with Crippen LogP contribution >= 0.6 is 0 Å². The van der Waals surface area contributed by atoms with E-state index in [-0.39, 0.29) is 11.8 Å². The van der Waals surface area contributed by atoms with Crippen LogP contribution in [0.1, 0.15) is 38.2 Å². The molecule has 0 spiro atoms. The highest BCUT2D eigenvalue weighted by molar-refractivity contribution is 5.79. The van der Waals surface area contributed by atoms with Crippen molar-refractivity contribution in [2.45, 2.75) is 45.2 Å². The fourth-order valence-corrected chi connectivity index (χ4v) is 3.90. The number of nitrogens with zero attached hydrogens (tertiary/aromatic N) is 2. The third kappa shape index (κ3) is 4.82. The van der Waals surface area contributed by atoms with Crippen LogP contribution in [0.4, 0.5) is 0 Å². The predicted octanol–water partition coefficient (Wildman–Crippen LogP) is 2.03. The van der Waals surface area contributed by atoms with E-state index < -0.39 is 0 Å². The van der Waals surface area contributed by atoms with Gasteiger partial charge in [0.25, 0.3) is 0 Å². The number of nitrogens with one attached hydrogen (secondary N) is 1. The fourth-order valence-electron chi connectivity index (χ4n) is 3.90. The van der Waals surface area contributed by atoms with Crippen LogP contribution in [0.2, 0.25) is 0 Å². The Hall–Kier alpha value is -1.88. The molecule has 3 rings (SSSR count). The molecule has 0 aromatic heterocycles. The van der Waals surface area contributed by atoms with Gasteiger partial charge in [-0.05, 0) is 31.2 Å². The average Bonchev–Trinajstić information content (AvgIpc) is 2.67. The molecule has 1 aliphatic heterocycles. The van der Waals surface area contributed by atoms with Crippen LogP contribution in [0.15, 0.2) is 30.3 Å². The van der Waals surface area contributed by atoms with E-state index in [4.69, 9.17) is 0 Å². The lowest BCUT2D eigenvalue weighted by Gasteiger charge is -2.37. The van der Waals surface area contributed by atoms with Crippen molar-refractivity contribution in [2.75, 3.05) is 26.2 Å². The molecule has 2 aliphatic rings. The lowest BCUT2D eigenvalue weighted by Crippen LogP contribution is -2.52. The molecule has 1 saturated carbocycles. The van der Waals surface area contributed by atoms with Gasteiger partial charge in [0.15, 0.2) is 0 Å². The second-order valence-corrected chi connectivity index (χ2v) is 7.25. The Bertz CT molecular complexity index is 574. The summed E-state index contributed by atoms with van der Waals surface area (Å²) in [6.45, 7) is 5.22. The first kappa shape index (κ1) is 17.9. The number of rotatable bonds is 4. The Labute approximate surface area is 150 Å². The van der Waals surface area contributed by atoms with Crippen LogP contribution in [0.3, 0.4) is 0 Å². The normalized spacial score (nSPS) is 24.2. The summed E-state index contributed by atoms with van der Waals surface area (Å²) >= 11 is 0. The topological polar surface area (TPSA) is 52.7 Å². The largest absolute Gasteiger partial charge is 0.339 e.